The molecule has 2 aromatic carbocycles. The van der Waals surface area contributed by atoms with Gasteiger partial charge in [0.2, 0.25) is 0 Å². The molecule has 0 unspecified atom stereocenters. The van der Waals surface area contributed by atoms with Gasteiger partial charge in [0.25, 0.3) is 5.88 Å². The number of nitrogens with zero attached hydrogens (tertiary/aromatic N) is 3. The van der Waals surface area contributed by atoms with Crippen LogP contribution in [0.1, 0.15) is 43.6 Å². The fourth-order valence-corrected chi connectivity index (χ4v) is 4.59. The van der Waals surface area contributed by atoms with Gasteiger partial charge in [-0.3, -0.25) is 4.90 Å². The van der Waals surface area contributed by atoms with E-state index < -0.39 is 29.4 Å². The van der Waals surface area contributed by atoms with Crippen molar-refractivity contribution in [3.05, 3.63) is 85.9 Å². The number of aromatic hydroxyl groups is 1. The van der Waals surface area contributed by atoms with Gasteiger partial charge in [-0.25, -0.2) is 14.4 Å². The normalized spacial score (nSPS) is 14.3. The molecule has 0 atom stereocenters. The molecule has 0 bridgehead atoms. The van der Waals surface area contributed by atoms with Crippen LogP contribution in [0.5, 0.6) is 5.88 Å². The maximum atomic E-state index is 12.9. The number of carbonyl (C=O) groups excluding carboxylic acids is 2. The van der Waals surface area contributed by atoms with Gasteiger partial charge in [0, 0.05) is 36.2 Å². The summed E-state index contributed by atoms with van der Waals surface area (Å²) < 4.78 is 5.60. The monoisotopic (exact) mass is 591 g/mol. The molecular formula is C27H31Cl2N5O6. The number of imidazole rings is 1. The van der Waals surface area contributed by atoms with Gasteiger partial charge in [-0.1, -0.05) is 52.2 Å². The maximum absolute atomic E-state index is 12.9. The van der Waals surface area contributed by atoms with E-state index in [4.69, 9.17) is 32.8 Å². The minimum Gasteiger partial charge on any atom is -0.491 e. The zero-order chi connectivity index (χ0) is 29.0. The molecule has 1 aliphatic heterocycles. The van der Waals surface area contributed by atoms with Crippen molar-refractivity contribution >= 4 is 35.4 Å². The van der Waals surface area contributed by atoms with E-state index in [1.807, 2.05) is 48.5 Å². The van der Waals surface area contributed by atoms with Gasteiger partial charge in [-0.2, -0.15) is 0 Å². The Balaban J connectivity index is 1.40. The van der Waals surface area contributed by atoms with Crippen molar-refractivity contribution < 1.29 is 24.3 Å². The predicted molar refractivity (Wildman–Crippen MR) is 150 cm³/mol. The van der Waals surface area contributed by atoms with Crippen LogP contribution in [0.25, 0.3) is 0 Å². The molecule has 214 valence electrons. The molecule has 3 N–H and O–H groups in total. The van der Waals surface area contributed by atoms with Crippen molar-refractivity contribution in [1.82, 2.24) is 24.8 Å². The van der Waals surface area contributed by atoms with Gasteiger partial charge in [0.15, 0.2) is 0 Å². The largest absolute Gasteiger partial charge is 0.491 e. The highest BCUT2D eigenvalue weighted by Crippen LogP contribution is 2.31. The highest BCUT2D eigenvalue weighted by molar-refractivity contribution is 6.30. The Kier molecular flexibility index (Phi) is 8.97. The average molecular weight is 592 g/mol. The van der Waals surface area contributed by atoms with Gasteiger partial charge >= 0.3 is 17.9 Å². The van der Waals surface area contributed by atoms with Crippen molar-refractivity contribution in [2.45, 2.75) is 39.0 Å². The van der Waals surface area contributed by atoms with E-state index in [2.05, 4.69) is 15.2 Å². The number of nitrogens with one attached hydrogen (secondary N) is 2. The molecule has 40 heavy (non-hydrogen) atoms. The van der Waals surface area contributed by atoms with Crippen LogP contribution < -0.4 is 15.8 Å². The van der Waals surface area contributed by atoms with Crippen molar-refractivity contribution in [1.29, 1.82) is 0 Å². The number of halogens is 2. The Morgan fingerprint density at radius 2 is 1.50 bits per heavy atom. The first-order valence-corrected chi connectivity index (χ1v) is 13.4. The molecule has 2 heterocycles. The molecule has 0 radical (unpaired) electrons. The summed E-state index contributed by atoms with van der Waals surface area (Å²) in [7, 11) is 0. The van der Waals surface area contributed by atoms with Gasteiger partial charge in [-0.15, -0.1) is 0 Å². The quantitative estimate of drug-likeness (QED) is 0.392. The lowest BCUT2D eigenvalue weighted by atomic mass is 9.96. The number of rotatable bonds is 6. The van der Waals surface area contributed by atoms with Crippen molar-refractivity contribution in [2.24, 2.45) is 0 Å². The number of alkyl carbamates (subject to hydrolysis) is 1. The Morgan fingerprint density at radius 1 is 0.975 bits per heavy atom. The summed E-state index contributed by atoms with van der Waals surface area (Å²) in [6, 6.07) is 15.1. The number of hydrogen-bond donors (Lipinski definition) is 3. The second kappa shape index (κ2) is 12.2. The number of aromatic nitrogens is 2. The van der Waals surface area contributed by atoms with Gasteiger partial charge in [0.1, 0.15) is 11.3 Å². The molecule has 1 aromatic heterocycles. The highest BCUT2D eigenvalue weighted by Gasteiger charge is 2.30. The standard InChI is InChI=1S/C27H31Cl2N5O6/c1-27(2,3)39-25(37)30-16-21-23(35)34(24(36)31-21)40-26(38)33-14-12-32(13-15-33)22(17-4-8-19(28)9-5-17)18-6-10-20(29)11-7-18/h4-11,22,35H,12-16H2,1-3H3,(H,30,37)(H,31,36). The zero-order valence-electron chi connectivity index (χ0n) is 22.3. The number of benzene rings is 2. The number of ether oxygens (including phenoxy) is 1. The number of carbonyl (C=O) groups is 2. The number of piperazine rings is 1. The van der Waals surface area contributed by atoms with Crippen LogP contribution in [0.15, 0.2) is 53.3 Å². The Labute approximate surface area is 241 Å². The third-order valence-electron chi connectivity index (χ3n) is 6.19. The Hall–Kier alpha value is -3.67. The second-order valence-corrected chi connectivity index (χ2v) is 11.1. The highest BCUT2D eigenvalue weighted by atomic mass is 35.5. The fraction of sp³-hybridized carbons (Fsp3) is 0.370. The lowest BCUT2D eigenvalue weighted by molar-refractivity contribution is 0.0514. The van der Waals surface area contributed by atoms with Crippen molar-refractivity contribution in [2.75, 3.05) is 26.2 Å². The van der Waals surface area contributed by atoms with Gasteiger partial charge in [0.05, 0.1) is 12.6 Å². The molecule has 13 heteroatoms. The minimum absolute atomic E-state index is 0.0396. The SMILES string of the molecule is CC(C)(C)OC(=O)NCc1[nH]c(=O)n(OC(=O)N2CCN(C(c3ccc(Cl)cc3)c3ccc(Cl)cc3)CC2)c1O. The van der Waals surface area contributed by atoms with Crippen LogP contribution >= 0.6 is 23.2 Å². The summed E-state index contributed by atoms with van der Waals surface area (Å²) in [5.74, 6) is -0.626. The van der Waals surface area contributed by atoms with Crippen molar-refractivity contribution in [3.63, 3.8) is 0 Å². The van der Waals surface area contributed by atoms with E-state index in [0.717, 1.165) is 11.1 Å². The Morgan fingerprint density at radius 3 is 2.00 bits per heavy atom. The minimum atomic E-state index is -0.865. The summed E-state index contributed by atoms with van der Waals surface area (Å²) >= 11 is 12.2. The van der Waals surface area contributed by atoms with Crippen LogP contribution in [-0.4, -0.2) is 68.6 Å². The topological polar surface area (TPSA) is 129 Å². The average Bonchev–Trinajstić information content (AvgIpc) is 3.16. The molecule has 2 amide bonds. The fourth-order valence-electron chi connectivity index (χ4n) is 4.34. The van der Waals surface area contributed by atoms with E-state index >= 15 is 0 Å². The van der Waals surface area contributed by atoms with E-state index in [1.54, 1.807) is 20.8 Å². The molecule has 1 saturated heterocycles. The zero-order valence-corrected chi connectivity index (χ0v) is 23.8. The molecule has 3 aromatic rings. The third kappa shape index (κ3) is 7.29. The van der Waals surface area contributed by atoms with E-state index in [9.17, 15) is 19.5 Å². The molecule has 0 saturated carbocycles. The predicted octanol–water partition coefficient (Wildman–Crippen LogP) is 4.17. The first kappa shape index (κ1) is 29.3. The summed E-state index contributed by atoms with van der Waals surface area (Å²) in [6.45, 7) is 6.56. The summed E-state index contributed by atoms with van der Waals surface area (Å²) in [5, 5.41) is 14.1. The molecule has 4 rings (SSSR count). The van der Waals surface area contributed by atoms with Crippen LogP contribution in [0.2, 0.25) is 10.0 Å². The number of hydrogen-bond acceptors (Lipinski definition) is 7. The Bertz CT molecular complexity index is 1350. The number of aromatic amines is 1. The maximum Gasteiger partial charge on any atom is 0.434 e. The summed E-state index contributed by atoms with van der Waals surface area (Å²) in [6.07, 6.45) is -1.52. The molecular weight excluding hydrogens is 561 g/mol. The van der Waals surface area contributed by atoms with Crippen LogP contribution in [-0.2, 0) is 11.3 Å². The first-order valence-electron chi connectivity index (χ1n) is 12.6. The van der Waals surface area contributed by atoms with Gasteiger partial charge in [-0.05, 0) is 56.2 Å². The molecule has 1 aliphatic rings. The van der Waals surface area contributed by atoms with E-state index in [0.29, 0.717) is 41.0 Å². The van der Waals surface area contributed by atoms with Crippen LogP contribution in [0, 0.1) is 0 Å². The molecule has 11 nitrogen and oxygen atoms in total. The summed E-state index contributed by atoms with van der Waals surface area (Å²) in [5.41, 5.74) is 0.464. The molecule has 0 spiro atoms. The van der Waals surface area contributed by atoms with E-state index in [-0.39, 0.29) is 18.3 Å². The smallest absolute Gasteiger partial charge is 0.434 e. The van der Waals surface area contributed by atoms with Crippen molar-refractivity contribution in [3.8, 4) is 5.88 Å². The third-order valence-corrected chi connectivity index (χ3v) is 6.70. The lowest BCUT2D eigenvalue weighted by Gasteiger charge is -2.39. The lowest BCUT2D eigenvalue weighted by Crippen LogP contribution is -2.52. The molecule has 0 aliphatic carbocycles. The van der Waals surface area contributed by atoms with Gasteiger partial charge < -0.3 is 29.9 Å². The number of amides is 2. The van der Waals surface area contributed by atoms with Crippen LogP contribution in [0.4, 0.5) is 9.59 Å². The molecule has 1 fully saturated rings. The summed E-state index contributed by atoms with van der Waals surface area (Å²) in [4.78, 5) is 48.3. The first-order chi connectivity index (χ1) is 18.9. The van der Waals surface area contributed by atoms with E-state index in [1.165, 1.54) is 4.90 Å². The number of H-pyrrole nitrogens is 1. The second-order valence-electron chi connectivity index (χ2n) is 10.3. The van der Waals surface area contributed by atoms with Crippen LogP contribution in [0.3, 0.4) is 0 Å².